The summed E-state index contributed by atoms with van der Waals surface area (Å²) in [6, 6.07) is 9.79. The number of anilines is 1. The zero-order valence-electron chi connectivity index (χ0n) is 14.0. The highest BCUT2D eigenvalue weighted by molar-refractivity contribution is 7.92. The Balaban J connectivity index is 1.60. The Morgan fingerprint density at radius 3 is 2.76 bits per heavy atom. The molecule has 1 aliphatic carbocycles. The first-order valence-corrected chi connectivity index (χ1v) is 11.1. The number of hydrogen-bond donors (Lipinski definition) is 0. The van der Waals surface area contributed by atoms with E-state index in [1.807, 2.05) is 22.4 Å². The van der Waals surface area contributed by atoms with Gasteiger partial charge in [-0.25, -0.2) is 8.42 Å². The molecule has 0 atom stereocenters. The molecule has 2 aromatic rings. The Hall–Kier alpha value is -1.86. The largest absolute Gasteiger partial charge is 0.331 e. The van der Waals surface area contributed by atoms with Gasteiger partial charge in [-0.1, -0.05) is 6.07 Å². The number of nitrogens with zero attached hydrogens (tertiary/aromatic N) is 2. The highest BCUT2D eigenvalue weighted by Crippen LogP contribution is 2.34. The van der Waals surface area contributed by atoms with Crippen LogP contribution in [-0.2, 0) is 23.0 Å². The van der Waals surface area contributed by atoms with Crippen molar-refractivity contribution in [1.82, 2.24) is 4.90 Å². The normalized spacial score (nSPS) is 16.8. The summed E-state index contributed by atoms with van der Waals surface area (Å²) in [5, 5.41) is 2.03. The molecule has 2 aliphatic rings. The summed E-state index contributed by atoms with van der Waals surface area (Å²) in [4.78, 5) is 16.2. The van der Waals surface area contributed by atoms with Gasteiger partial charge >= 0.3 is 0 Å². The van der Waals surface area contributed by atoms with Gasteiger partial charge in [-0.15, -0.1) is 11.3 Å². The number of hydrogen-bond acceptors (Lipinski definition) is 4. The number of benzene rings is 1. The first-order chi connectivity index (χ1) is 11.9. The lowest BCUT2D eigenvalue weighted by atomic mass is 10.1. The van der Waals surface area contributed by atoms with E-state index in [2.05, 4.69) is 6.07 Å². The molecule has 1 aromatic carbocycles. The second-order valence-electron chi connectivity index (χ2n) is 6.67. The van der Waals surface area contributed by atoms with E-state index in [0.717, 1.165) is 18.4 Å². The summed E-state index contributed by atoms with van der Waals surface area (Å²) < 4.78 is 25.1. The van der Waals surface area contributed by atoms with E-state index in [-0.39, 0.29) is 5.91 Å². The van der Waals surface area contributed by atoms with Crippen LogP contribution in [0.3, 0.4) is 0 Å². The summed E-state index contributed by atoms with van der Waals surface area (Å²) >= 11 is 1.66. The molecule has 2 heterocycles. The zero-order chi connectivity index (χ0) is 17.6. The molecule has 25 heavy (non-hydrogen) atoms. The quantitative estimate of drug-likeness (QED) is 0.806. The van der Waals surface area contributed by atoms with Crippen LogP contribution in [-0.4, -0.2) is 38.1 Å². The van der Waals surface area contributed by atoms with Crippen LogP contribution in [0.15, 0.2) is 35.7 Å². The molecule has 1 aliphatic heterocycles. The van der Waals surface area contributed by atoms with Crippen LogP contribution in [0.4, 0.5) is 5.69 Å². The van der Waals surface area contributed by atoms with Crippen molar-refractivity contribution in [3.8, 4) is 0 Å². The topological polar surface area (TPSA) is 57.7 Å². The predicted octanol–water partition coefficient (Wildman–Crippen LogP) is 2.88. The molecule has 0 bridgehead atoms. The summed E-state index contributed by atoms with van der Waals surface area (Å²) in [6.07, 6.45) is 3.99. The highest BCUT2D eigenvalue weighted by atomic mass is 32.2. The number of fused-ring (bicyclic) bond motifs is 1. The number of sulfonamides is 1. The predicted molar refractivity (Wildman–Crippen MR) is 99.6 cm³/mol. The van der Waals surface area contributed by atoms with Gasteiger partial charge in [-0.2, -0.15) is 0 Å². The Labute approximate surface area is 151 Å². The second kappa shape index (κ2) is 6.14. The maximum Gasteiger partial charge on any atom is 0.254 e. The van der Waals surface area contributed by atoms with E-state index in [1.165, 1.54) is 15.4 Å². The SMILES string of the molecule is CS(=O)(=O)N1CCc2cc(C(=O)N(Cc3cccs3)C3CC3)ccc21. The van der Waals surface area contributed by atoms with Gasteiger partial charge in [0.25, 0.3) is 5.91 Å². The van der Waals surface area contributed by atoms with Gasteiger partial charge < -0.3 is 4.90 Å². The molecule has 0 radical (unpaired) electrons. The molecule has 7 heteroatoms. The Morgan fingerprint density at radius 1 is 1.32 bits per heavy atom. The lowest BCUT2D eigenvalue weighted by Gasteiger charge is -2.22. The smallest absolute Gasteiger partial charge is 0.254 e. The van der Waals surface area contributed by atoms with E-state index in [1.54, 1.807) is 23.5 Å². The third-order valence-electron chi connectivity index (χ3n) is 4.73. The van der Waals surface area contributed by atoms with Crippen LogP contribution in [0.2, 0.25) is 0 Å². The lowest BCUT2D eigenvalue weighted by molar-refractivity contribution is 0.0731. The Morgan fingerprint density at radius 2 is 2.12 bits per heavy atom. The Kier molecular flexibility index (Phi) is 4.08. The molecule has 132 valence electrons. The molecular formula is C18H20N2O3S2. The van der Waals surface area contributed by atoms with Gasteiger partial charge in [0.2, 0.25) is 10.0 Å². The molecule has 0 N–H and O–H groups in total. The molecule has 1 amide bonds. The zero-order valence-corrected chi connectivity index (χ0v) is 15.6. The minimum absolute atomic E-state index is 0.0384. The maximum atomic E-state index is 13.0. The summed E-state index contributed by atoms with van der Waals surface area (Å²) in [5.74, 6) is 0.0384. The molecule has 1 fully saturated rings. The van der Waals surface area contributed by atoms with Crippen molar-refractivity contribution in [3.05, 3.63) is 51.7 Å². The van der Waals surface area contributed by atoms with Crippen LogP contribution >= 0.6 is 11.3 Å². The van der Waals surface area contributed by atoms with Crippen molar-refractivity contribution in [2.75, 3.05) is 17.1 Å². The molecule has 0 spiro atoms. The highest BCUT2D eigenvalue weighted by Gasteiger charge is 2.34. The number of carbonyl (C=O) groups is 1. The van der Waals surface area contributed by atoms with E-state index >= 15 is 0 Å². The van der Waals surface area contributed by atoms with Gasteiger partial charge in [0.05, 0.1) is 18.5 Å². The van der Waals surface area contributed by atoms with Crippen LogP contribution in [0, 0.1) is 0 Å². The average molecular weight is 377 g/mol. The van der Waals surface area contributed by atoms with Crippen molar-refractivity contribution >= 4 is 33.0 Å². The first kappa shape index (κ1) is 16.6. The summed E-state index contributed by atoms with van der Waals surface area (Å²) in [6.45, 7) is 1.10. The van der Waals surface area contributed by atoms with Crippen molar-refractivity contribution in [3.63, 3.8) is 0 Å². The van der Waals surface area contributed by atoms with Gasteiger partial charge in [0, 0.05) is 23.0 Å². The molecule has 0 saturated heterocycles. The van der Waals surface area contributed by atoms with E-state index in [9.17, 15) is 13.2 Å². The van der Waals surface area contributed by atoms with Crippen molar-refractivity contribution < 1.29 is 13.2 Å². The van der Waals surface area contributed by atoms with Crippen LogP contribution in [0.5, 0.6) is 0 Å². The van der Waals surface area contributed by atoms with Crippen molar-refractivity contribution in [1.29, 1.82) is 0 Å². The molecule has 5 nitrogen and oxygen atoms in total. The number of rotatable bonds is 5. The fourth-order valence-electron chi connectivity index (χ4n) is 3.34. The minimum atomic E-state index is -3.26. The molecule has 4 rings (SSSR count). The third-order valence-corrected chi connectivity index (χ3v) is 6.78. The molecule has 1 aromatic heterocycles. The summed E-state index contributed by atoms with van der Waals surface area (Å²) in [7, 11) is -3.26. The number of thiophene rings is 1. The number of carbonyl (C=O) groups excluding carboxylic acids is 1. The summed E-state index contributed by atoms with van der Waals surface area (Å²) in [5.41, 5.74) is 2.29. The minimum Gasteiger partial charge on any atom is -0.331 e. The van der Waals surface area contributed by atoms with Crippen LogP contribution in [0.1, 0.15) is 33.6 Å². The van der Waals surface area contributed by atoms with E-state index in [0.29, 0.717) is 36.8 Å². The van der Waals surface area contributed by atoms with Gasteiger partial charge in [0.15, 0.2) is 0 Å². The van der Waals surface area contributed by atoms with E-state index in [4.69, 9.17) is 0 Å². The number of amides is 1. The molecular weight excluding hydrogens is 356 g/mol. The third kappa shape index (κ3) is 3.30. The van der Waals surface area contributed by atoms with Gasteiger partial charge in [0.1, 0.15) is 0 Å². The standard InChI is InChI=1S/C18H20N2O3S2/c1-25(22,23)20-9-8-13-11-14(4-7-17(13)20)18(21)19(15-5-6-15)12-16-3-2-10-24-16/h2-4,7,10-11,15H,5-6,8-9,12H2,1H3. The van der Waals surface area contributed by atoms with Crippen LogP contribution < -0.4 is 4.31 Å². The van der Waals surface area contributed by atoms with Crippen molar-refractivity contribution in [2.24, 2.45) is 0 Å². The fourth-order valence-corrected chi connectivity index (χ4v) is 5.00. The fraction of sp³-hybridized carbons (Fsp3) is 0.389. The molecule has 0 unspecified atom stereocenters. The molecule has 1 saturated carbocycles. The Bertz CT molecular complexity index is 902. The monoisotopic (exact) mass is 376 g/mol. The average Bonchev–Trinajstić information content (AvgIpc) is 3.10. The van der Waals surface area contributed by atoms with Crippen molar-refractivity contribution in [2.45, 2.75) is 31.8 Å². The first-order valence-electron chi connectivity index (χ1n) is 8.37. The lowest BCUT2D eigenvalue weighted by Crippen LogP contribution is -2.32. The van der Waals surface area contributed by atoms with Gasteiger partial charge in [-0.05, 0) is 54.5 Å². The van der Waals surface area contributed by atoms with E-state index < -0.39 is 10.0 Å². The van der Waals surface area contributed by atoms with Gasteiger partial charge in [-0.3, -0.25) is 9.10 Å². The maximum absolute atomic E-state index is 13.0. The van der Waals surface area contributed by atoms with Crippen LogP contribution in [0.25, 0.3) is 0 Å². The second-order valence-corrected chi connectivity index (χ2v) is 9.61.